The molecular formula is C19H17ClN6O. The third-order valence-corrected chi connectivity index (χ3v) is 3.79. The lowest BCUT2D eigenvalue weighted by molar-refractivity contribution is 0.627. The number of benzene rings is 2. The molecule has 4 N–H and O–H groups in total. The van der Waals surface area contributed by atoms with Crippen molar-refractivity contribution in [3.05, 3.63) is 72.4 Å². The predicted molar refractivity (Wildman–Crippen MR) is 109 cm³/mol. The van der Waals surface area contributed by atoms with Crippen LogP contribution in [0.1, 0.15) is 5.56 Å². The fourth-order valence-electron chi connectivity index (χ4n) is 2.64. The van der Waals surface area contributed by atoms with Gasteiger partial charge in [0.05, 0.1) is 11.9 Å². The molecule has 7 nitrogen and oxygen atoms in total. The van der Waals surface area contributed by atoms with Crippen molar-refractivity contribution in [2.75, 3.05) is 0 Å². The topological polar surface area (TPSA) is 108 Å². The van der Waals surface area contributed by atoms with Gasteiger partial charge in [-0.3, -0.25) is 0 Å². The Balaban J connectivity index is 0.00000210. The number of nitrogens with two attached hydrogens (primary N) is 2. The summed E-state index contributed by atoms with van der Waals surface area (Å²) in [5.74, 6) is 0.536. The molecule has 136 valence electrons. The first-order valence-electron chi connectivity index (χ1n) is 7.97. The van der Waals surface area contributed by atoms with Gasteiger partial charge in [0.2, 0.25) is 5.96 Å². The van der Waals surface area contributed by atoms with E-state index in [1.807, 2.05) is 66.9 Å². The standard InChI is InChI=1S/C19H16N6O.ClH/c20-19(21)23-22-11-14-12-25(15-7-2-1-3-8-15)24-18(14)17-10-13-6-4-5-9-16(13)26-17;/h1-12H,(H4,20,21,23);1H/b22-11+;. The fourth-order valence-corrected chi connectivity index (χ4v) is 2.64. The maximum atomic E-state index is 5.95. The van der Waals surface area contributed by atoms with Gasteiger partial charge in [-0.25, -0.2) is 4.68 Å². The molecular weight excluding hydrogens is 364 g/mol. The Bertz CT molecular complexity index is 1080. The van der Waals surface area contributed by atoms with Crippen LogP contribution in [0.15, 0.2) is 81.5 Å². The number of guanidine groups is 1. The highest BCUT2D eigenvalue weighted by molar-refractivity contribution is 5.91. The summed E-state index contributed by atoms with van der Waals surface area (Å²) in [5, 5.41) is 13.2. The molecule has 2 aromatic heterocycles. The van der Waals surface area contributed by atoms with Crippen molar-refractivity contribution < 1.29 is 4.42 Å². The number of aromatic nitrogens is 2. The van der Waals surface area contributed by atoms with Gasteiger partial charge in [-0.1, -0.05) is 36.4 Å². The molecule has 4 aromatic rings. The Kier molecular flexibility index (Phi) is 5.23. The normalized spacial score (nSPS) is 10.8. The minimum atomic E-state index is -0.109. The Morgan fingerprint density at radius 1 is 1.04 bits per heavy atom. The maximum Gasteiger partial charge on any atom is 0.211 e. The van der Waals surface area contributed by atoms with E-state index in [0.29, 0.717) is 11.5 Å². The van der Waals surface area contributed by atoms with Crippen molar-refractivity contribution in [1.82, 2.24) is 9.78 Å². The molecule has 0 saturated heterocycles. The quantitative estimate of drug-likeness (QED) is 0.321. The van der Waals surface area contributed by atoms with Crippen LogP contribution < -0.4 is 11.5 Å². The van der Waals surface area contributed by atoms with Gasteiger partial charge in [0, 0.05) is 17.1 Å². The highest BCUT2D eigenvalue weighted by Gasteiger charge is 2.15. The summed E-state index contributed by atoms with van der Waals surface area (Å²) < 4.78 is 7.71. The Morgan fingerprint density at radius 3 is 2.52 bits per heavy atom. The van der Waals surface area contributed by atoms with Gasteiger partial charge in [-0.15, -0.1) is 17.5 Å². The Morgan fingerprint density at radius 2 is 1.78 bits per heavy atom. The molecule has 0 radical (unpaired) electrons. The van der Waals surface area contributed by atoms with Crippen LogP contribution in [0.25, 0.3) is 28.1 Å². The first kappa shape index (κ1) is 18.2. The number of hydrogen-bond acceptors (Lipinski definition) is 4. The van der Waals surface area contributed by atoms with E-state index in [-0.39, 0.29) is 18.4 Å². The number of para-hydroxylation sites is 2. The van der Waals surface area contributed by atoms with E-state index in [0.717, 1.165) is 22.2 Å². The molecule has 0 aliphatic carbocycles. The zero-order chi connectivity index (χ0) is 17.9. The molecule has 4 rings (SSSR count). The molecule has 8 heteroatoms. The van der Waals surface area contributed by atoms with E-state index in [9.17, 15) is 0 Å². The van der Waals surface area contributed by atoms with E-state index >= 15 is 0 Å². The number of furan rings is 1. The fraction of sp³-hybridized carbons (Fsp3) is 0. The highest BCUT2D eigenvalue weighted by Crippen LogP contribution is 2.29. The number of rotatable bonds is 4. The Hall–Kier alpha value is -3.58. The van der Waals surface area contributed by atoms with E-state index in [1.165, 1.54) is 0 Å². The van der Waals surface area contributed by atoms with Crippen molar-refractivity contribution in [3.8, 4) is 17.1 Å². The summed E-state index contributed by atoms with van der Waals surface area (Å²) in [5.41, 5.74) is 13.8. The predicted octanol–water partition coefficient (Wildman–Crippen LogP) is 3.31. The smallest absolute Gasteiger partial charge is 0.211 e. The van der Waals surface area contributed by atoms with Crippen molar-refractivity contribution in [2.24, 2.45) is 21.7 Å². The van der Waals surface area contributed by atoms with Crippen LogP contribution in [0.2, 0.25) is 0 Å². The minimum Gasteiger partial charge on any atom is -0.454 e. The lowest BCUT2D eigenvalue weighted by atomic mass is 10.2. The van der Waals surface area contributed by atoms with E-state index in [4.69, 9.17) is 15.9 Å². The van der Waals surface area contributed by atoms with Gasteiger partial charge in [-0.2, -0.15) is 10.2 Å². The Labute approximate surface area is 161 Å². The molecule has 2 aromatic carbocycles. The molecule has 0 unspecified atom stereocenters. The van der Waals surface area contributed by atoms with Crippen molar-refractivity contribution in [1.29, 1.82) is 0 Å². The van der Waals surface area contributed by atoms with Crippen LogP contribution in [0, 0.1) is 0 Å². The summed E-state index contributed by atoms with van der Waals surface area (Å²) in [4.78, 5) is 0. The number of halogens is 1. The molecule has 0 bridgehead atoms. The van der Waals surface area contributed by atoms with Crippen LogP contribution in [0.3, 0.4) is 0 Å². The highest BCUT2D eigenvalue weighted by atomic mass is 35.5. The largest absolute Gasteiger partial charge is 0.454 e. The second-order valence-corrected chi connectivity index (χ2v) is 5.63. The van der Waals surface area contributed by atoms with E-state index in [2.05, 4.69) is 15.3 Å². The first-order chi connectivity index (χ1) is 12.7. The molecule has 0 aliphatic heterocycles. The van der Waals surface area contributed by atoms with Gasteiger partial charge in [0.1, 0.15) is 11.3 Å². The summed E-state index contributed by atoms with van der Waals surface area (Å²) in [6.45, 7) is 0. The maximum absolute atomic E-state index is 5.95. The molecule has 0 fully saturated rings. The lowest BCUT2D eigenvalue weighted by Gasteiger charge is -1.98. The van der Waals surface area contributed by atoms with Crippen molar-refractivity contribution >= 4 is 35.6 Å². The van der Waals surface area contributed by atoms with Crippen LogP contribution in [0.4, 0.5) is 0 Å². The third kappa shape index (κ3) is 3.83. The van der Waals surface area contributed by atoms with Gasteiger partial charge in [-0.05, 0) is 24.3 Å². The molecule has 0 aliphatic rings. The van der Waals surface area contributed by atoms with Crippen molar-refractivity contribution in [3.63, 3.8) is 0 Å². The lowest BCUT2D eigenvalue weighted by Crippen LogP contribution is -2.21. The van der Waals surface area contributed by atoms with E-state index in [1.54, 1.807) is 10.9 Å². The van der Waals surface area contributed by atoms with Crippen LogP contribution >= 0.6 is 12.4 Å². The monoisotopic (exact) mass is 380 g/mol. The minimum absolute atomic E-state index is 0. The summed E-state index contributed by atoms with van der Waals surface area (Å²) in [6.07, 6.45) is 3.40. The second kappa shape index (κ2) is 7.76. The van der Waals surface area contributed by atoms with Gasteiger partial charge in [0.15, 0.2) is 5.76 Å². The average Bonchev–Trinajstić information content (AvgIpc) is 3.26. The zero-order valence-corrected chi connectivity index (χ0v) is 15.0. The molecule has 0 amide bonds. The van der Waals surface area contributed by atoms with Crippen LogP contribution in [-0.4, -0.2) is 22.0 Å². The van der Waals surface area contributed by atoms with Gasteiger partial charge in [0.25, 0.3) is 0 Å². The van der Waals surface area contributed by atoms with Gasteiger partial charge < -0.3 is 15.9 Å². The molecule has 0 spiro atoms. The molecule has 0 atom stereocenters. The molecule has 2 heterocycles. The third-order valence-electron chi connectivity index (χ3n) is 3.79. The first-order valence-corrected chi connectivity index (χ1v) is 7.97. The van der Waals surface area contributed by atoms with Crippen LogP contribution in [0.5, 0.6) is 0 Å². The summed E-state index contributed by atoms with van der Waals surface area (Å²) >= 11 is 0. The number of nitrogens with zero attached hydrogens (tertiary/aromatic N) is 4. The van der Waals surface area contributed by atoms with Crippen LogP contribution in [-0.2, 0) is 0 Å². The molecule has 27 heavy (non-hydrogen) atoms. The number of hydrogen-bond donors (Lipinski definition) is 2. The number of fused-ring (bicyclic) bond motifs is 1. The van der Waals surface area contributed by atoms with Gasteiger partial charge >= 0.3 is 0 Å². The SMILES string of the molecule is Cl.NC(N)=N/N=C/c1cn(-c2ccccc2)nc1-c1cc2ccccc2o1. The van der Waals surface area contributed by atoms with E-state index < -0.39 is 0 Å². The molecule has 0 saturated carbocycles. The summed E-state index contributed by atoms with van der Waals surface area (Å²) in [7, 11) is 0. The second-order valence-electron chi connectivity index (χ2n) is 5.63. The summed E-state index contributed by atoms with van der Waals surface area (Å²) in [6, 6.07) is 19.5. The zero-order valence-electron chi connectivity index (χ0n) is 14.2. The average molecular weight is 381 g/mol. The van der Waals surface area contributed by atoms with Crippen molar-refractivity contribution in [2.45, 2.75) is 0 Å².